The molecule has 1 N–H and O–H groups in total. The molecule has 3 atom stereocenters. The molecule has 1 aromatic carbocycles. The molecule has 0 bridgehead atoms. The normalized spacial score (nSPS) is 22.1. The maximum atomic E-state index is 12.9. The van der Waals surface area contributed by atoms with Crippen LogP contribution in [0.3, 0.4) is 0 Å². The summed E-state index contributed by atoms with van der Waals surface area (Å²) < 4.78 is 0. The molecule has 6 heteroatoms. The average Bonchev–Trinajstić information content (AvgIpc) is 2.86. The molecule has 1 aliphatic heterocycles. The number of imide groups is 1. The molecule has 0 radical (unpaired) electrons. The molecule has 1 aromatic rings. The Bertz CT molecular complexity index is 666. The molecule has 0 aromatic heterocycles. The molecule has 0 aliphatic carbocycles. The summed E-state index contributed by atoms with van der Waals surface area (Å²) >= 11 is 0. The van der Waals surface area contributed by atoms with E-state index in [-0.39, 0.29) is 24.5 Å². The molecule has 0 saturated carbocycles. The standard InChI is InChI=1S/C20H29N3O3/c1-6-14(3)23(15(4)7-2)17(24)13-22-18(25)20(5,21-19(22)26)16-11-9-8-10-12-16/h8-12,14-15H,6-7,13H2,1-5H3,(H,21,26)/t14-,15+,20-/m1/s1. The van der Waals surface area contributed by atoms with Crippen LogP contribution in [-0.4, -0.2) is 46.3 Å². The highest BCUT2D eigenvalue weighted by Crippen LogP contribution is 2.28. The fraction of sp³-hybridized carbons (Fsp3) is 0.550. The zero-order valence-electron chi connectivity index (χ0n) is 16.3. The molecule has 1 saturated heterocycles. The van der Waals surface area contributed by atoms with Crippen LogP contribution in [0.2, 0.25) is 0 Å². The average molecular weight is 359 g/mol. The highest BCUT2D eigenvalue weighted by molar-refractivity contribution is 6.09. The minimum Gasteiger partial charge on any atom is -0.336 e. The van der Waals surface area contributed by atoms with Gasteiger partial charge in [0.25, 0.3) is 5.91 Å². The first-order valence-electron chi connectivity index (χ1n) is 9.27. The van der Waals surface area contributed by atoms with Gasteiger partial charge >= 0.3 is 6.03 Å². The van der Waals surface area contributed by atoms with E-state index in [9.17, 15) is 14.4 Å². The first-order valence-corrected chi connectivity index (χ1v) is 9.27. The van der Waals surface area contributed by atoms with Crippen LogP contribution < -0.4 is 5.32 Å². The second-order valence-corrected chi connectivity index (χ2v) is 7.13. The molecule has 2 rings (SSSR count). The summed E-state index contributed by atoms with van der Waals surface area (Å²) in [7, 11) is 0. The first kappa shape index (κ1) is 19.9. The van der Waals surface area contributed by atoms with E-state index in [1.807, 2.05) is 45.9 Å². The minimum absolute atomic E-state index is 0.0544. The molecule has 1 heterocycles. The summed E-state index contributed by atoms with van der Waals surface area (Å²) in [5, 5.41) is 2.74. The molecular weight excluding hydrogens is 330 g/mol. The van der Waals surface area contributed by atoms with Crippen molar-refractivity contribution in [1.82, 2.24) is 15.1 Å². The summed E-state index contributed by atoms with van der Waals surface area (Å²) in [4.78, 5) is 41.1. The van der Waals surface area contributed by atoms with E-state index in [2.05, 4.69) is 5.32 Å². The van der Waals surface area contributed by atoms with Crippen LogP contribution in [0.25, 0.3) is 0 Å². The molecule has 1 aliphatic rings. The third kappa shape index (κ3) is 3.59. The highest BCUT2D eigenvalue weighted by Gasteiger charge is 2.49. The van der Waals surface area contributed by atoms with Crippen LogP contribution in [0.15, 0.2) is 30.3 Å². The molecule has 26 heavy (non-hydrogen) atoms. The van der Waals surface area contributed by atoms with Crippen molar-refractivity contribution in [3.05, 3.63) is 35.9 Å². The van der Waals surface area contributed by atoms with E-state index in [1.165, 1.54) is 0 Å². The Labute approximate surface area is 155 Å². The summed E-state index contributed by atoms with van der Waals surface area (Å²) in [5.74, 6) is -0.593. The highest BCUT2D eigenvalue weighted by atomic mass is 16.2. The van der Waals surface area contributed by atoms with Gasteiger partial charge < -0.3 is 10.2 Å². The van der Waals surface area contributed by atoms with Gasteiger partial charge in [-0.15, -0.1) is 0 Å². The predicted molar refractivity (Wildman–Crippen MR) is 100 cm³/mol. The lowest BCUT2D eigenvalue weighted by Crippen LogP contribution is -2.50. The summed E-state index contributed by atoms with van der Waals surface area (Å²) in [6.07, 6.45) is 1.63. The van der Waals surface area contributed by atoms with Crippen LogP contribution in [0, 0.1) is 0 Å². The fourth-order valence-electron chi connectivity index (χ4n) is 3.34. The maximum Gasteiger partial charge on any atom is 0.325 e. The molecule has 1 fully saturated rings. The number of carbonyl (C=O) groups excluding carboxylic acids is 3. The van der Waals surface area contributed by atoms with Gasteiger partial charge in [-0.05, 0) is 39.2 Å². The largest absolute Gasteiger partial charge is 0.336 e. The van der Waals surface area contributed by atoms with Gasteiger partial charge in [0.15, 0.2) is 0 Å². The molecule has 0 spiro atoms. The van der Waals surface area contributed by atoms with E-state index < -0.39 is 17.5 Å². The van der Waals surface area contributed by atoms with Crippen molar-refractivity contribution in [2.45, 2.75) is 65.1 Å². The van der Waals surface area contributed by atoms with Crippen molar-refractivity contribution in [2.24, 2.45) is 0 Å². The Balaban J connectivity index is 2.22. The minimum atomic E-state index is -1.14. The summed E-state index contributed by atoms with van der Waals surface area (Å²) in [5.41, 5.74) is -0.440. The number of nitrogens with one attached hydrogen (secondary N) is 1. The van der Waals surface area contributed by atoms with E-state index in [0.29, 0.717) is 5.56 Å². The van der Waals surface area contributed by atoms with E-state index >= 15 is 0 Å². The van der Waals surface area contributed by atoms with Crippen LogP contribution in [0.1, 0.15) is 53.0 Å². The van der Waals surface area contributed by atoms with Gasteiger partial charge in [0.2, 0.25) is 5.91 Å². The number of hydrogen-bond acceptors (Lipinski definition) is 3. The number of urea groups is 1. The predicted octanol–water partition coefficient (Wildman–Crippen LogP) is 2.88. The Hall–Kier alpha value is -2.37. The van der Waals surface area contributed by atoms with E-state index in [1.54, 1.807) is 24.0 Å². The van der Waals surface area contributed by atoms with Crippen molar-refractivity contribution in [3.63, 3.8) is 0 Å². The van der Waals surface area contributed by atoms with Crippen molar-refractivity contribution < 1.29 is 14.4 Å². The number of benzene rings is 1. The lowest BCUT2D eigenvalue weighted by atomic mass is 9.92. The van der Waals surface area contributed by atoms with Crippen molar-refractivity contribution in [3.8, 4) is 0 Å². The van der Waals surface area contributed by atoms with Crippen LogP contribution in [0.4, 0.5) is 4.79 Å². The number of rotatable bonds is 7. The topological polar surface area (TPSA) is 69.7 Å². The second kappa shape index (κ2) is 7.89. The number of amides is 4. The quantitative estimate of drug-likeness (QED) is 0.761. The van der Waals surface area contributed by atoms with Gasteiger partial charge in [0.1, 0.15) is 12.1 Å². The zero-order valence-corrected chi connectivity index (χ0v) is 16.3. The third-order valence-electron chi connectivity index (χ3n) is 5.34. The van der Waals surface area contributed by atoms with Crippen LogP contribution >= 0.6 is 0 Å². The second-order valence-electron chi connectivity index (χ2n) is 7.13. The number of hydrogen-bond donors (Lipinski definition) is 1. The Morgan fingerprint density at radius 3 is 2.15 bits per heavy atom. The monoisotopic (exact) mass is 359 g/mol. The Kier molecular flexibility index (Phi) is 6.05. The fourth-order valence-corrected chi connectivity index (χ4v) is 3.34. The molecule has 4 amide bonds. The van der Waals surface area contributed by atoms with E-state index in [4.69, 9.17) is 0 Å². The molecular formula is C20H29N3O3. The van der Waals surface area contributed by atoms with Gasteiger partial charge in [-0.3, -0.25) is 14.5 Å². The van der Waals surface area contributed by atoms with Gasteiger partial charge in [0, 0.05) is 12.1 Å². The summed E-state index contributed by atoms with van der Waals surface area (Å²) in [6.45, 7) is 9.46. The van der Waals surface area contributed by atoms with Crippen LogP contribution in [0.5, 0.6) is 0 Å². The molecule has 6 nitrogen and oxygen atoms in total. The maximum absolute atomic E-state index is 12.9. The molecule has 0 unspecified atom stereocenters. The van der Waals surface area contributed by atoms with E-state index in [0.717, 1.165) is 17.7 Å². The Morgan fingerprint density at radius 1 is 1.12 bits per heavy atom. The first-order chi connectivity index (χ1) is 12.3. The lowest BCUT2D eigenvalue weighted by molar-refractivity contribution is -0.141. The molecule has 142 valence electrons. The van der Waals surface area contributed by atoms with Gasteiger partial charge in [-0.1, -0.05) is 44.2 Å². The smallest absolute Gasteiger partial charge is 0.325 e. The summed E-state index contributed by atoms with van der Waals surface area (Å²) in [6, 6.07) is 8.68. The van der Waals surface area contributed by atoms with Crippen molar-refractivity contribution in [1.29, 1.82) is 0 Å². The zero-order chi connectivity index (χ0) is 19.5. The lowest BCUT2D eigenvalue weighted by Gasteiger charge is -2.35. The Morgan fingerprint density at radius 2 is 1.65 bits per heavy atom. The van der Waals surface area contributed by atoms with Crippen molar-refractivity contribution in [2.75, 3.05) is 6.54 Å². The third-order valence-corrected chi connectivity index (χ3v) is 5.34. The van der Waals surface area contributed by atoms with Crippen molar-refractivity contribution >= 4 is 17.8 Å². The van der Waals surface area contributed by atoms with Gasteiger partial charge in [0.05, 0.1) is 0 Å². The number of carbonyl (C=O) groups is 3. The van der Waals surface area contributed by atoms with Crippen LogP contribution in [-0.2, 0) is 15.1 Å². The van der Waals surface area contributed by atoms with Gasteiger partial charge in [-0.2, -0.15) is 0 Å². The number of nitrogens with zero attached hydrogens (tertiary/aromatic N) is 2. The SMILES string of the molecule is CC[C@@H](C)N(C(=O)CN1C(=O)N[C@](C)(c2ccccc2)C1=O)[C@@H](C)CC. The van der Waals surface area contributed by atoms with Gasteiger partial charge in [-0.25, -0.2) is 4.79 Å².